The fourth-order valence-electron chi connectivity index (χ4n) is 3.09. The first kappa shape index (κ1) is 16.9. The van der Waals surface area contributed by atoms with E-state index in [2.05, 4.69) is 19.2 Å². The largest absolute Gasteiger partial charge is 0.382 e. The summed E-state index contributed by atoms with van der Waals surface area (Å²) < 4.78 is 28.8. The zero-order valence-corrected chi connectivity index (χ0v) is 13.5. The molecule has 0 aliphatic heterocycles. The maximum absolute atomic E-state index is 11.7. The lowest BCUT2D eigenvalue weighted by Gasteiger charge is -2.35. The van der Waals surface area contributed by atoms with Crippen molar-refractivity contribution in [2.45, 2.75) is 63.3 Å². The van der Waals surface area contributed by atoms with Crippen LogP contribution in [0.1, 0.15) is 46.0 Å². The number of nitrogens with one attached hydrogen (secondary N) is 1. The molecule has 0 saturated heterocycles. The summed E-state index contributed by atoms with van der Waals surface area (Å²) in [5.74, 6) is 0.450. The molecule has 1 rings (SSSR count). The van der Waals surface area contributed by atoms with Gasteiger partial charge in [0.1, 0.15) is 9.84 Å². The topological polar surface area (TPSA) is 55.4 Å². The Labute approximate surface area is 118 Å². The molecule has 0 aromatic heterocycles. The van der Waals surface area contributed by atoms with Crippen LogP contribution in [0.5, 0.6) is 0 Å². The van der Waals surface area contributed by atoms with E-state index in [1.54, 1.807) is 7.11 Å². The van der Waals surface area contributed by atoms with Gasteiger partial charge in [-0.25, -0.2) is 8.42 Å². The lowest BCUT2D eigenvalue weighted by molar-refractivity contribution is 0.0878. The van der Waals surface area contributed by atoms with Crippen LogP contribution >= 0.6 is 0 Å². The summed E-state index contributed by atoms with van der Waals surface area (Å²) in [6, 6.07) is 0.365. The minimum Gasteiger partial charge on any atom is -0.382 e. The van der Waals surface area contributed by atoms with Crippen molar-refractivity contribution in [2.24, 2.45) is 5.92 Å². The Morgan fingerprint density at radius 2 is 2.05 bits per heavy atom. The van der Waals surface area contributed by atoms with E-state index in [-0.39, 0.29) is 11.4 Å². The van der Waals surface area contributed by atoms with Crippen LogP contribution in [0.4, 0.5) is 0 Å². The number of ether oxygens (including phenoxy) is 1. The average molecular weight is 291 g/mol. The van der Waals surface area contributed by atoms with E-state index >= 15 is 0 Å². The lowest BCUT2D eigenvalue weighted by atomic mass is 9.81. The standard InChI is InChI=1S/C14H29NO3S/c1-5-15-14(9-11(2)18-3)12-7-6-8-13(10-12)19(4,16)17/h11-15H,5-10H2,1-4H3. The summed E-state index contributed by atoms with van der Waals surface area (Å²) in [6.07, 6.45) is 6.31. The van der Waals surface area contributed by atoms with Crippen LogP contribution in [0, 0.1) is 5.92 Å². The zero-order valence-electron chi connectivity index (χ0n) is 12.7. The van der Waals surface area contributed by atoms with Gasteiger partial charge in [-0.15, -0.1) is 0 Å². The second-order valence-corrected chi connectivity index (χ2v) is 8.15. The van der Waals surface area contributed by atoms with Crippen LogP contribution < -0.4 is 5.32 Å². The molecule has 4 atom stereocenters. The summed E-state index contributed by atoms with van der Waals surface area (Å²) in [5, 5.41) is 3.37. The van der Waals surface area contributed by atoms with E-state index in [0.717, 1.165) is 38.6 Å². The third-order valence-electron chi connectivity index (χ3n) is 4.30. The van der Waals surface area contributed by atoms with Gasteiger partial charge in [-0.1, -0.05) is 13.3 Å². The Morgan fingerprint density at radius 3 is 2.58 bits per heavy atom. The molecule has 0 bridgehead atoms. The SMILES string of the molecule is CCNC(CC(C)OC)C1CCCC(S(C)(=O)=O)C1. The van der Waals surface area contributed by atoms with Crippen molar-refractivity contribution in [2.75, 3.05) is 19.9 Å². The van der Waals surface area contributed by atoms with E-state index in [4.69, 9.17) is 4.74 Å². The monoisotopic (exact) mass is 291 g/mol. The average Bonchev–Trinajstić information content (AvgIpc) is 2.37. The van der Waals surface area contributed by atoms with Gasteiger partial charge < -0.3 is 10.1 Å². The van der Waals surface area contributed by atoms with Crippen LogP contribution in [0.2, 0.25) is 0 Å². The zero-order chi connectivity index (χ0) is 14.5. The van der Waals surface area contributed by atoms with E-state index in [9.17, 15) is 8.42 Å². The lowest BCUT2D eigenvalue weighted by Crippen LogP contribution is -2.42. The van der Waals surface area contributed by atoms with Gasteiger partial charge in [-0.2, -0.15) is 0 Å². The molecule has 114 valence electrons. The Balaban J connectivity index is 2.67. The number of methoxy groups -OCH3 is 1. The van der Waals surface area contributed by atoms with Crippen LogP contribution in [-0.2, 0) is 14.6 Å². The molecular formula is C14H29NO3S. The third-order valence-corrected chi connectivity index (χ3v) is 5.93. The molecule has 0 heterocycles. The summed E-state index contributed by atoms with van der Waals surface area (Å²) in [5.41, 5.74) is 0. The number of hydrogen-bond donors (Lipinski definition) is 1. The van der Waals surface area contributed by atoms with Crippen molar-refractivity contribution in [3.05, 3.63) is 0 Å². The first-order valence-electron chi connectivity index (χ1n) is 7.33. The number of rotatable bonds is 7. The van der Waals surface area contributed by atoms with Gasteiger partial charge >= 0.3 is 0 Å². The first-order valence-corrected chi connectivity index (χ1v) is 9.29. The van der Waals surface area contributed by atoms with Crippen molar-refractivity contribution in [1.82, 2.24) is 5.32 Å². The van der Waals surface area contributed by atoms with Crippen molar-refractivity contribution in [3.8, 4) is 0 Å². The van der Waals surface area contributed by atoms with Crippen molar-refractivity contribution >= 4 is 9.84 Å². The van der Waals surface area contributed by atoms with Gasteiger partial charge in [0.2, 0.25) is 0 Å². The van der Waals surface area contributed by atoms with Crippen molar-refractivity contribution in [3.63, 3.8) is 0 Å². The smallest absolute Gasteiger partial charge is 0.150 e. The van der Waals surface area contributed by atoms with Gasteiger partial charge in [0, 0.05) is 19.4 Å². The Kier molecular flexibility index (Phi) is 6.77. The first-order chi connectivity index (χ1) is 8.88. The number of hydrogen-bond acceptors (Lipinski definition) is 4. The van der Waals surface area contributed by atoms with E-state index in [1.807, 2.05) is 0 Å². The molecule has 0 spiro atoms. The van der Waals surface area contributed by atoms with E-state index in [0.29, 0.717) is 12.0 Å². The van der Waals surface area contributed by atoms with Crippen LogP contribution in [-0.4, -0.2) is 45.7 Å². The van der Waals surface area contributed by atoms with Crippen molar-refractivity contribution < 1.29 is 13.2 Å². The fourth-order valence-corrected chi connectivity index (χ4v) is 4.29. The Hall–Kier alpha value is -0.130. The molecule has 4 unspecified atom stereocenters. The van der Waals surface area contributed by atoms with Crippen LogP contribution in [0.3, 0.4) is 0 Å². The van der Waals surface area contributed by atoms with Crippen LogP contribution in [0.15, 0.2) is 0 Å². The van der Waals surface area contributed by atoms with Gasteiger partial charge in [0.15, 0.2) is 0 Å². The van der Waals surface area contributed by atoms with Crippen LogP contribution in [0.25, 0.3) is 0 Å². The molecule has 1 N–H and O–H groups in total. The summed E-state index contributed by atoms with van der Waals surface area (Å²) in [4.78, 5) is 0. The Bertz CT molecular complexity index is 356. The molecule has 1 aliphatic carbocycles. The minimum atomic E-state index is -2.90. The maximum Gasteiger partial charge on any atom is 0.150 e. The van der Waals surface area contributed by atoms with Crippen molar-refractivity contribution in [1.29, 1.82) is 0 Å². The quantitative estimate of drug-likeness (QED) is 0.779. The summed E-state index contributed by atoms with van der Waals surface area (Å²) >= 11 is 0. The van der Waals surface area contributed by atoms with Gasteiger partial charge in [-0.3, -0.25) is 0 Å². The fraction of sp³-hybridized carbons (Fsp3) is 1.00. The molecule has 1 fully saturated rings. The third kappa shape index (κ3) is 5.40. The second kappa shape index (κ2) is 7.60. The molecule has 1 saturated carbocycles. The molecule has 19 heavy (non-hydrogen) atoms. The molecule has 0 radical (unpaired) electrons. The molecular weight excluding hydrogens is 262 g/mol. The predicted molar refractivity (Wildman–Crippen MR) is 79.1 cm³/mol. The van der Waals surface area contributed by atoms with Gasteiger partial charge in [-0.05, 0) is 45.1 Å². The predicted octanol–water partition coefficient (Wildman–Crippen LogP) is 1.99. The Morgan fingerprint density at radius 1 is 1.37 bits per heavy atom. The second-order valence-electron chi connectivity index (χ2n) is 5.82. The molecule has 0 aromatic rings. The highest BCUT2D eigenvalue weighted by Gasteiger charge is 2.33. The molecule has 0 amide bonds. The summed E-state index contributed by atoms with van der Waals surface area (Å²) in [7, 11) is -1.17. The maximum atomic E-state index is 11.7. The summed E-state index contributed by atoms with van der Waals surface area (Å²) in [6.45, 7) is 5.09. The van der Waals surface area contributed by atoms with E-state index < -0.39 is 9.84 Å². The molecule has 4 nitrogen and oxygen atoms in total. The molecule has 0 aromatic carbocycles. The minimum absolute atomic E-state index is 0.148. The van der Waals surface area contributed by atoms with Gasteiger partial charge in [0.25, 0.3) is 0 Å². The highest BCUT2D eigenvalue weighted by atomic mass is 32.2. The van der Waals surface area contributed by atoms with E-state index in [1.165, 1.54) is 6.26 Å². The number of sulfone groups is 1. The van der Waals surface area contributed by atoms with Gasteiger partial charge in [0.05, 0.1) is 11.4 Å². The highest BCUT2D eigenvalue weighted by molar-refractivity contribution is 7.91. The molecule has 5 heteroatoms. The molecule has 1 aliphatic rings. The highest BCUT2D eigenvalue weighted by Crippen LogP contribution is 2.32. The normalized spacial score (nSPS) is 28.0.